The van der Waals surface area contributed by atoms with Crippen molar-refractivity contribution in [2.75, 3.05) is 13.7 Å². The molecule has 5 aromatic rings. The molecule has 0 radical (unpaired) electrons. The van der Waals surface area contributed by atoms with Gasteiger partial charge in [-0.25, -0.2) is 4.98 Å². The van der Waals surface area contributed by atoms with Gasteiger partial charge in [0.15, 0.2) is 17.3 Å². The van der Waals surface area contributed by atoms with Crippen molar-refractivity contribution < 1.29 is 14.2 Å². The van der Waals surface area contributed by atoms with Crippen molar-refractivity contribution in [1.82, 2.24) is 9.66 Å². The van der Waals surface area contributed by atoms with Gasteiger partial charge in [-0.1, -0.05) is 60.1 Å². The summed E-state index contributed by atoms with van der Waals surface area (Å²) in [6.07, 6.45) is 4.05. The van der Waals surface area contributed by atoms with Gasteiger partial charge < -0.3 is 14.2 Å². The molecule has 0 aliphatic heterocycles. The molecule has 0 N–H and O–H groups in total. The van der Waals surface area contributed by atoms with Crippen molar-refractivity contribution >= 4 is 33.0 Å². The minimum atomic E-state index is -0.260. The molecule has 0 fully saturated rings. The third-order valence-corrected chi connectivity index (χ3v) is 8.16. The van der Waals surface area contributed by atoms with Gasteiger partial charge in [0, 0.05) is 15.6 Å². The highest BCUT2D eigenvalue weighted by molar-refractivity contribution is 9.10. The molecule has 0 aliphatic rings. The number of methoxy groups -OCH3 is 1. The molecule has 4 aromatic carbocycles. The molecule has 0 spiro atoms. The van der Waals surface area contributed by atoms with Crippen LogP contribution >= 0.6 is 15.9 Å². The van der Waals surface area contributed by atoms with E-state index in [0.717, 1.165) is 43.6 Å². The predicted octanol–water partition coefficient (Wildman–Crippen LogP) is 8.85. The van der Waals surface area contributed by atoms with Crippen molar-refractivity contribution in [3.63, 3.8) is 0 Å². The first-order chi connectivity index (χ1) is 22.2. The largest absolute Gasteiger partial charge is 0.496 e. The quantitative estimate of drug-likeness (QED) is 0.0973. The molecule has 0 saturated carbocycles. The number of benzene rings is 4. The fourth-order valence-corrected chi connectivity index (χ4v) is 5.59. The summed E-state index contributed by atoms with van der Waals surface area (Å²) in [5.41, 5.74) is 5.78. The molecular formula is C38H38BrN3O4. The molecule has 8 heteroatoms. The van der Waals surface area contributed by atoms with Crippen LogP contribution in [0.25, 0.3) is 22.3 Å². The molecule has 0 bridgehead atoms. The van der Waals surface area contributed by atoms with Crippen LogP contribution in [-0.2, 0) is 13.0 Å². The lowest BCUT2D eigenvalue weighted by Gasteiger charge is -2.18. The van der Waals surface area contributed by atoms with E-state index in [1.54, 1.807) is 19.4 Å². The lowest BCUT2D eigenvalue weighted by molar-refractivity contribution is 0.267. The number of rotatable bonds is 12. The van der Waals surface area contributed by atoms with E-state index in [0.29, 0.717) is 47.9 Å². The Morgan fingerprint density at radius 2 is 1.78 bits per heavy atom. The van der Waals surface area contributed by atoms with Gasteiger partial charge in [0.05, 0.1) is 30.8 Å². The van der Waals surface area contributed by atoms with Gasteiger partial charge in [-0.05, 0) is 97.0 Å². The van der Waals surface area contributed by atoms with Crippen LogP contribution in [0, 0.1) is 6.92 Å². The highest BCUT2D eigenvalue weighted by atomic mass is 79.9. The molecule has 5 rings (SSSR count). The Bertz CT molecular complexity index is 1960. The number of fused-ring (bicyclic) bond motifs is 1. The van der Waals surface area contributed by atoms with Crippen molar-refractivity contribution in [3.8, 4) is 28.6 Å². The van der Waals surface area contributed by atoms with Crippen LogP contribution in [0.3, 0.4) is 0 Å². The monoisotopic (exact) mass is 679 g/mol. The highest BCUT2D eigenvalue weighted by Crippen LogP contribution is 2.36. The van der Waals surface area contributed by atoms with Gasteiger partial charge in [-0.2, -0.15) is 9.78 Å². The molecule has 46 heavy (non-hydrogen) atoms. The maximum absolute atomic E-state index is 14.0. The van der Waals surface area contributed by atoms with Crippen molar-refractivity contribution in [1.29, 1.82) is 0 Å². The third kappa shape index (κ3) is 7.07. The SMILES string of the molecule is C=CCc1cc(C=Nn2c(-c3cc(C(C)C)c(OC)cc3C)nc3ccccc3c2=O)cc(OCC)c1OCc1ccc(Br)cc1. The molecule has 1 heterocycles. The summed E-state index contributed by atoms with van der Waals surface area (Å²) in [5.74, 6) is 2.70. The number of hydrogen-bond acceptors (Lipinski definition) is 6. The van der Waals surface area contributed by atoms with Crippen molar-refractivity contribution in [2.45, 2.75) is 46.6 Å². The van der Waals surface area contributed by atoms with Gasteiger partial charge in [-0.3, -0.25) is 4.79 Å². The molecule has 0 saturated heterocycles. The number of aryl methyl sites for hydroxylation is 1. The maximum Gasteiger partial charge on any atom is 0.282 e. The summed E-state index contributed by atoms with van der Waals surface area (Å²) < 4.78 is 20.4. The zero-order valence-electron chi connectivity index (χ0n) is 26.8. The Hall–Kier alpha value is -4.69. The van der Waals surface area contributed by atoms with E-state index in [4.69, 9.17) is 24.3 Å². The van der Waals surface area contributed by atoms with Gasteiger partial charge in [0.1, 0.15) is 12.4 Å². The Morgan fingerprint density at radius 1 is 1.02 bits per heavy atom. The first kappa shape index (κ1) is 32.7. The predicted molar refractivity (Wildman–Crippen MR) is 190 cm³/mol. The second-order valence-corrected chi connectivity index (χ2v) is 12.1. The molecule has 0 amide bonds. The topological polar surface area (TPSA) is 74.9 Å². The smallest absolute Gasteiger partial charge is 0.282 e. The van der Waals surface area contributed by atoms with E-state index < -0.39 is 0 Å². The van der Waals surface area contributed by atoms with E-state index >= 15 is 0 Å². The van der Waals surface area contributed by atoms with E-state index in [-0.39, 0.29) is 11.5 Å². The zero-order chi connectivity index (χ0) is 32.8. The average Bonchev–Trinajstić information content (AvgIpc) is 3.04. The fraction of sp³-hybridized carbons (Fsp3) is 0.237. The minimum Gasteiger partial charge on any atom is -0.496 e. The van der Waals surface area contributed by atoms with Crippen LogP contribution in [-0.4, -0.2) is 29.6 Å². The Balaban J connectivity index is 1.63. The summed E-state index contributed by atoms with van der Waals surface area (Å²) in [5, 5.41) is 5.24. The Kier molecular flexibility index (Phi) is 10.4. The van der Waals surface area contributed by atoms with Crippen molar-refractivity contribution in [3.05, 3.63) is 128 Å². The standard InChI is InChI=1S/C38H38BrN3O4/c1-7-11-28-19-27(20-35(45-8-2)36(28)46-23-26-14-16-29(39)17-15-26)22-40-42-37(41-33-13-10-9-12-30(33)38(42)43)32-21-31(24(3)4)34(44-6)18-25(32)5/h7,9-10,12-22,24H,1,8,11,23H2,2-6H3. The second kappa shape index (κ2) is 14.6. The van der Waals surface area contributed by atoms with Gasteiger partial charge in [0.25, 0.3) is 5.56 Å². The zero-order valence-corrected chi connectivity index (χ0v) is 28.4. The van der Waals surface area contributed by atoms with Crippen LogP contribution < -0.4 is 19.8 Å². The summed E-state index contributed by atoms with van der Waals surface area (Å²) in [7, 11) is 1.67. The van der Waals surface area contributed by atoms with Crippen LogP contribution in [0.5, 0.6) is 17.2 Å². The van der Waals surface area contributed by atoms with E-state index in [1.807, 2.05) is 86.7 Å². The van der Waals surface area contributed by atoms with E-state index in [2.05, 4.69) is 36.4 Å². The van der Waals surface area contributed by atoms with Gasteiger partial charge >= 0.3 is 0 Å². The molecule has 7 nitrogen and oxygen atoms in total. The summed E-state index contributed by atoms with van der Waals surface area (Å²) in [6.45, 7) is 12.9. The fourth-order valence-electron chi connectivity index (χ4n) is 5.32. The van der Waals surface area contributed by atoms with Crippen LogP contribution in [0.4, 0.5) is 0 Å². The molecule has 0 atom stereocenters. The van der Waals surface area contributed by atoms with Gasteiger partial charge in [-0.15, -0.1) is 6.58 Å². The maximum atomic E-state index is 14.0. The summed E-state index contributed by atoms with van der Waals surface area (Å²) >= 11 is 3.48. The van der Waals surface area contributed by atoms with Crippen LogP contribution in [0.1, 0.15) is 54.5 Å². The molecule has 0 unspecified atom stereocenters. The third-order valence-electron chi connectivity index (χ3n) is 7.63. The summed E-state index contributed by atoms with van der Waals surface area (Å²) in [4.78, 5) is 18.9. The van der Waals surface area contributed by atoms with Crippen LogP contribution in [0.2, 0.25) is 0 Å². The van der Waals surface area contributed by atoms with E-state index in [9.17, 15) is 4.79 Å². The van der Waals surface area contributed by atoms with E-state index in [1.165, 1.54) is 4.68 Å². The minimum absolute atomic E-state index is 0.197. The Labute approximate surface area is 278 Å². The molecular weight excluding hydrogens is 642 g/mol. The summed E-state index contributed by atoms with van der Waals surface area (Å²) in [6, 6.07) is 23.2. The normalized spacial score (nSPS) is 11.4. The first-order valence-electron chi connectivity index (χ1n) is 15.3. The Morgan fingerprint density at radius 3 is 2.48 bits per heavy atom. The number of allylic oxidation sites excluding steroid dienone is 1. The molecule has 1 aromatic heterocycles. The second-order valence-electron chi connectivity index (χ2n) is 11.2. The lowest BCUT2D eigenvalue weighted by Crippen LogP contribution is -2.21. The number of ether oxygens (including phenoxy) is 3. The number of hydrogen-bond donors (Lipinski definition) is 0. The number of para-hydroxylation sites is 1. The number of halogens is 1. The highest BCUT2D eigenvalue weighted by Gasteiger charge is 2.19. The lowest BCUT2D eigenvalue weighted by atomic mass is 9.96. The van der Waals surface area contributed by atoms with Crippen LogP contribution in [0.15, 0.2) is 99.8 Å². The number of aromatic nitrogens is 2. The first-order valence-corrected chi connectivity index (χ1v) is 16.1. The number of nitrogens with zero attached hydrogens (tertiary/aromatic N) is 3. The van der Waals surface area contributed by atoms with Gasteiger partial charge in [0.2, 0.25) is 0 Å². The van der Waals surface area contributed by atoms with Crippen molar-refractivity contribution in [2.24, 2.45) is 5.10 Å². The molecule has 236 valence electrons. The molecule has 0 aliphatic carbocycles. The average molecular weight is 681 g/mol.